The van der Waals surface area contributed by atoms with Gasteiger partial charge in [-0.2, -0.15) is 0 Å². The second-order valence-electron chi connectivity index (χ2n) is 9.05. The van der Waals surface area contributed by atoms with E-state index in [1.165, 1.54) is 43.0 Å². The normalized spacial score (nSPS) is 10.6. The molecule has 0 radical (unpaired) electrons. The van der Waals surface area contributed by atoms with E-state index >= 15 is 0 Å². The summed E-state index contributed by atoms with van der Waals surface area (Å²) in [4.78, 5) is 0. The van der Waals surface area contributed by atoms with Crippen molar-refractivity contribution in [1.82, 2.24) is 0 Å². The summed E-state index contributed by atoms with van der Waals surface area (Å²) in [5, 5.41) is 8.25. The van der Waals surface area contributed by atoms with Crippen LogP contribution in [0.5, 0.6) is 0 Å². The quantitative estimate of drug-likeness (QED) is 0.150. The molecule has 0 aromatic heterocycles. The van der Waals surface area contributed by atoms with Crippen LogP contribution in [0.25, 0.3) is 11.1 Å². The minimum Gasteiger partial charge on any atom is -0.114 e. The van der Waals surface area contributed by atoms with Crippen molar-refractivity contribution in [2.24, 2.45) is 0 Å². The molecule has 0 fully saturated rings. The molecule has 4 heteroatoms. The summed E-state index contributed by atoms with van der Waals surface area (Å²) >= 11 is 0. The van der Waals surface area contributed by atoms with E-state index in [0.29, 0.717) is 0 Å². The van der Waals surface area contributed by atoms with Crippen molar-refractivity contribution in [3.05, 3.63) is 170 Å². The van der Waals surface area contributed by atoms with E-state index in [4.69, 9.17) is 0 Å². The summed E-state index contributed by atoms with van der Waals surface area (Å²) in [6.45, 7) is 0. The number of rotatable bonds is 7. The van der Waals surface area contributed by atoms with Gasteiger partial charge in [-0.15, -0.1) is 34.0 Å². The zero-order valence-electron chi connectivity index (χ0n) is 21.9. The standard InChI is InChI=1S/C36H28P2.2BrH/c1-5-17-29(18-6-1)37(30-19-7-2-8-20-30)35-27-15-13-25-33(35)34-26-14-16-28-36(34)38(31-21-9-3-10-22-31)32-23-11-4-12-24-32;;/h1-28H;2*1H. The third kappa shape index (κ3) is 6.54. The van der Waals surface area contributed by atoms with Crippen LogP contribution in [0.1, 0.15) is 0 Å². The van der Waals surface area contributed by atoms with Crippen LogP contribution >= 0.6 is 49.8 Å². The Bertz CT molecular complexity index is 1410. The van der Waals surface area contributed by atoms with E-state index in [0.717, 1.165) is 0 Å². The molecule has 0 amide bonds. The Morgan fingerprint density at radius 3 is 0.750 bits per heavy atom. The van der Waals surface area contributed by atoms with Gasteiger partial charge in [-0.1, -0.05) is 170 Å². The van der Waals surface area contributed by atoms with Crippen molar-refractivity contribution in [2.75, 3.05) is 0 Å². The molecule has 0 bridgehead atoms. The van der Waals surface area contributed by atoms with Crippen LogP contribution in [0.4, 0.5) is 0 Å². The van der Waals surface area contributed by atoms with Crippen LogP contribution in [-0.4, -0.2) is 0 Å². The third-order valence-corrected chi connectivity index (χ3v) is 11.6. The molecular weight excluding hydrogens is 654 g/mol. The van der Waals surface area contributed by atoms with E-state index in [1.807, 2.05) is 0 Å². The van der Waals surface area contributed by atoms with Gasteiger partial charge in [0.2, 0.25) is 0 Å². The number of hydrogen-bond acceptors (Lipinski definition) is 0. The molecular formula is C36H30Br2P2. The summed E-state index contributed by atoms with van der Waals surface area (Å²) in [5.74, 6) is 0. The largest absolute Gasteiger partial charge is 0.114 e. The maximum absolute atomic E-state index is 2.34. The molecule has 0 atom stereocenters. The summed E-state index contributed by atoms with van der Waals surface area (Å²) in [5.41, 5.74) is 2.64. The molecule has 0 nitrogen and oxygen atoms in total. The molecule has 0 aliphatic heterocycles. The lowest BCUT2D eigenvalue weighted by atomic mass is 10.1. The lowest BCUT2D eigenvalue weighted by Crippen LogP contribution is -2.25. The Hall–Kier alpha value is -2.86. The van der Waals surface area contributed by atoms with Crippen LogP contribution < -0.4 is 31.8 Å². The molecule has 6 aromatic rings. The van der Waals surface area contributed by atoms with E-state index in [2.05, 4.69) is 170 Å². The van der Waals surface area contributed by atoms with Crippen LogP contribution in [0, 0.1) is 0 Å². The van der Waals surface area contributed by atoms with Gasteiger partial charge < -0.3 is 0 Å². The molecule has 0 aliphatic rings. The predicted molar refractivity (Wildman–Crippen MR) is 190 cm³/mol. The summed E-state index contributed by atoms with van der Waals surface area (Å²) < 4.78 is 0. The van der Waals surface area contributed by atoms with Crippen molar-refractivity contribution < 1.29 is 0 Å². The van der Waals surface area contributed by atoms with Gasteiger partial charge in [0, 0.05) is 0 Å². The van der Waals surface area contributed by atoms with Gasteiger partial charge in [0.1, 0.15) is 0 Å². The van der Waals surface area contributed by atoms with Crippen molar-refractivity contribution in [1.29, 1.82) is 0 Å². The fourth-order valence-corrected chi connectivity index (χ4v) is 9.89. The highest BCUT2D eigenvalue weighted by atomic mass is 79.9. The maximum Gasteiger partial charge on any atom is -0.00724 e. The number of benzene rings is 6. The smallest absolute Gasteiger partial charge is 0.00724 e. The van der Waals surface area contributed by atoms with E-state index in [9.17, 15) is 0 Å². The topological polar surface area (TPSA) is 0 Å². The second-order valence-corrected chi connectivity index (χ2v) is 13.4. The predicted octanol–water partition coefficient (Wildman–Crippen LogP) is 8.03. The molecule has 6 rings (SSSR count). The molecule has 0 heterocycles. The fraction of sp³-hybridized carbons (Fsp3) is 0. The van der Waals surface area contributed by atoms with Crippen LogP contribution in [-0.2, 0) is 0 Å². The maximum atomic E-state index is 2.34. The molecule has 6 aromatic carbocycles. The second kappa shape index (κ2) is 14.7. The zero-order valence-corrected chi connectivity index (χ0v) is 27.1. The van der Waals surface area contributed by atoms with Crippen LogP contribution in [0.3, 0.4) is 0 Å². The van der Waals surface area contributed by atoms with Crippen molar-refractivity contribution in [2.45, 2.75) is 0 Å². The van der Waals surface area contributed by atoms with E-state index in [-0.39, 0.29) is 34.0 Å². The van der Waals surface area contributed by atoms with Crippen LogP contribution in [0.15, 0.2) is 170 Å². The van der Waals surface area contributed by atoms with E-state index in [1.54, 1.807) is 0 Å². The Balaban J connectivity index is 0.00000185. The molecule has 0 saturated heterocycles. The summed E-state index contributed by atoms with van der Waals surface area (Å²) in [6, 6.07) is 62.0. The Labute approximate surface area is 261 Å². The van der Waals surface area contributed by atoms with Gasteiger partial charge in [0.15, 0.2) is 0 Å². The Morgan fingerprint density at radius 1 is 0.250 bits per heavy atom. The lowest BCUT2D eigenvalue weighted by Gasteiger charge is -2.26. The number of halogens is 2. The van der Waals surface area contributed by atoms with Gasteiger partial charge in [-0.3, -0.25) is 0 Å². The Kier molecular flexibility index (Phi) is 11.0. The highest BCUT2D eigenvalue weighted by Gasteiger charge is 2.24. The first-order chi connectivity index (χ1) is 18.9. The molecule has 198 valence electrons. The highest BCUT2D eigenvalue weighted by Crippen LogP contribution is 2.40. The van der Waals surface area contributed by atoms with Crippen molar-refractivity contribution in [3.63, 3.8) is 0 Å². The van der Waals surface area contributed by atoms with E-state index < -0.39 is 15.8 Å². The summed E-state index contributed by atoms with van der Waals surface area (Å²) in [6.07, 6.45) is 0. The molecule has 0 N–H and O–H groups in total. The van der Waals surface area contributed by atoms with Crippen molar-refractivity contribution in [3.8, 4) is 11.1 Å². The molecule has 0 aliphatic carbocycles. The Morgan fingerprint density at radius 2 is 0.475 bits per heavy atom. The van der Waals surface area contributed by atoms with Gasteiger partial charge in [0.25, 0.3) is 0 Å². The van der Waals surface area contributed by atoms with Gasteiger partial charge in [0.05, 0.1) is 0 Å². The van der Waals surface area contributed by atoms with Gasteiger partial charge in [-0.05, 0) is 58.8 Å². The lowest BCUT2D eigenvalue weighted by molar-refractivity contribution is 1.67. The molecule has 40 heavy (non-hydrogen) atoms. The average molecular weight is 684 g/mol. The zero-order chi connectivity index (χ0) is 25.6. The molecule has 0 saturated carbocycles. The first kappa shape index (κ1) is 30.1. The average Bonchev–Trinajstić information content (AvgIpc) is 3.00. The minimum absolute atomic E-state index is 0. The monoisotopic (exact) mass is 682 g/mol. The number of hydrogen-bond donors (Lipinski definition) is 0. The first-order valence-corrected chi connectivity index (χ1v) is 15.6. The fourth-order valence-electron chi connectivity index (χ4n) is 4.96. The molecule has 0 unspecified atom stereocenters. The van der Waals surface area contributed by atoms with Gasteiger partial charge >= 0.3 is 0 Å². The minimum atomic E-state index is -0.723. The SMILES string of the molecule is Br.Br.c1ccc(P(c2ccccc2)c2ccccc2-c2ccccc2P(c2ccccc2)c2ccccc2)cc1. The first-order valence-electron chi connectivity index (χ1n) is 12.9. The van der Waals surface area contributed by atoms with Crippen LogP contribution in [0.2, 0.25) is 0 Å². The molecule has 0 spiro atoms. The third-order valence-electron chi connectivity index (χ3n) is 6.64. The van der Waals surface area contributed by atoms with Gasteiger partial charge in [-0.25, -0.2) is 0 Å². The van der Waals surface area contributed by atoms with Crippen molar-refractivity contribution >= 4 is 81.6 Å². The summed E-state index contributed by atoms with van der Waals surface area (Å²) in [7, 11) is -1.45. The highest BCUT2D eigenvalue weighted by molar-refractivity contribution is 8.93.